The van der Waals surface area contributed by atoms with E-state index in [-0.39, 0.29) is 31.7 Å². The van der Waals surface area contributed by atoms with Gasteiger partial charge in [-0.1, -0.05) is 38.5 Å². The summed E-state index contributed by atoms with van der Waals surface area (Å²) in [6.45, 7) is 3.83. The Labute approximate surface area is 226 Å². The van der Waals surface area contributed by atoms with E-state index in [1.807, 2.05) is 31.2 Å². The van der Waals surface area contributed by atoms with Crippen LogP contribution < -0.4 is 16.4 Å². The van der Waals surface area contributed by atoms with Gasteiger partial charge >= 0.3 is 11.9 Å². The van der Waals surface area contributed by atoms with Crippen molar-refractivity contribution in [2.24, 2.45) is 11.7 Å². The Morgan fingerprint density at radius 1 is 1.15 bits per heavy atom. The van der Waals surface area contributed by atoms with Crippen molar-refractivity contribution in [3.05, 3.63) is 36.0 Å². The molecule has 7 N–H and O–H groups in total. The summed E-state index contributed by atoms with van der Waals surface area (Å²) in [5.41, 5.74) is 7.53. The number of benzene rings is 1. The maximum Gasteiger partial charge on any atom is 0.326 e. The molecular weight excluding hydrogens is 506 g/mol. The number of nitrogens with zero attached hydrogens (tertiary/aromatic N) is 1. The smallest absolute Gasteiger partial charge is 0.326 e. The Balaban J connectivity index is 1.82. The van der Waals surface area contributed by atoms with Gasteiger partial charge in [0.05, 0.1) is 6.04 Å². The number of carboxylic acids is 2. The molecule has 12 heteroatoms. The molecule has 2 heterocycles. The predicted octanol–water partition coefficient (Wildman–Crippen LogP) is 0.994. The van der Waals surface area contributed by atoms with E-state index in [4.69, 9.17) is 10.8 Å². The van der Waals surface area contributed by atoms with Gasteiger partial charge in [0.1, 0.15) is 18.1 Å². The van der Waals surface area contributed by atoms with Gasteiger partial charge in [0.15, 0.2) is 0 Å². The molecule has 1 aromatic heterocycles. The molecule has 0 aliphatic carbocycles. The third-order valence-corrected chi connectivity index (χ3v) is 7.33. The molecule has 0 spiro atoms. The van der Waals surface area contributed by atoms with Crippen LogP contribution in [0.3, 0.4) is 0 Å². The van der Waals surface area contributed by atoms with Gasteiger partial charge in [-0.25, -0.2) is 4.79 Å². The second-order valence-corrected chi connectivity index (χ2v) is 10.1. The summed E-state index contributed by atoms with van der Waals surface area (Å²) in [6, 6.07) is 3.29. The van der Waals surface area contributed by atoms with E-state index >= 15 is 0 Å². The Morgan fingerprint density at radius 2 is 1.87 bits per heavy atom. The summed E-state index contributed by atoms with van der Waals surface area (Å²) < 4.78 is 0. The van der Waals surface area contributed by atoms with Crippen molar-refractivity contribution >= 4 is 40.6 Å². The van der Waals surface area contributed by atoms with E-state index in [0.717, 1.165) is 16.5 Å². The summed E-state index contributed by atoms with van der Waals surface area (Å²) in [6.07, 6.45) is 2.93. The first-order valence-corrected chi connectivity index (χ1v) is 13.2. The molecule has 3 amide bonds. The largest absolute Gasteiger partial charge is 0.481 e. The van der Waals surface area contributed by atoms with Crippen LogP contribution in [-0.2, 0) is 30.4 Å². The molecule has 1 saturated heterocycles. The molecule has 12 nitrogen and oxygen atoms in total. The fourth-order valence-corrected chi connectivity index (χ4v) is 4.85. The normalized spacial score (nSPS) is 18.2. The molecular formula is C27H37N5O7. The predicted molar refractivity (Wildman–Crippen MR) is 143 cm³/mol. The molecule has 212 valence electrons. The highest BCUT2D eigenvalue weighted by Crippen LogP contribution is 2.22. The quantitative estimate of drug-likeness (QED) is 0.215. The number of hydrogen-bond acceptors (Lipinski definition) is 6. The number of aromatic nitrogens is 1. The number of para-hydroxylation sites is 1. The van der Waals surface area contributed by atoms with Crippen LogP contribution in [0.4, 0.5) is 0 Å². The van der Waals surface area contributed by atoms with Gasteiger partial charge < -0.3 is 36.5 Å². The van der Waals surface area contributed by atoms with Crippen molar-refractivity contribution in [3.63, 3.8) is 0 Å². The fraction of sp³-hybridized carbons (Fsp3) is 0.519. The van der Waals surface area contributed by atoms with E-state index in [1.54, 1.807) is 13.1 Å². The molecule has 3 rings (SSSR count). The van der Waals surface area contributed by atoms with Crippen LogP contribution in [0, 0.1) is 5.92 Å². The number of H-pyrrole nitrogens is 1. The number of carboxylic acid groups (broad SMARTS) is 2. The lowest BCUT2D eigenvalue weighted by Gasteiger charge is -2.29. The number of rotatable bonds is 13. The van der Waals surface area contributed by atoms with Crippen molar-refractivity contribution in [1.29, 1.82) is 0 Å². The van der Waals surface area contributed by atoms with Crippen molar-refractivity contribution in [2.45, 2.75) is 76.5 Å². The summed E-state index contributed by atoms with van der Waals surface area (Å²) >= 11 is 0. The number of amides is 3. The summed E-state index contributed by atoms with van der Waals surface area (Å²) in [7, 11) is 0. The van der Waals surface area contributed by atoms with E-state index in [1.165, 1.54) is 4.90 Å². The zero-order valence-corrected chi connectivity index (χ0v) is 22.2. The molecule has 2 aromatic rings. The zero-order chi connectivity index (χ0) is 28.7. The number of nitrogens with two attached hydrogens (primary N) is 1. The number of carbonyl (C=O) groups is 5. The van der Waals surface area contributed by atoms with Crippen LogP contribution in [0.15, 0.2) is 30.5 Å². The Hall–Kier alpha value is -3.93. The van der Waals surface area contributed by atoms with E-state index in [2.05, 4.69) is 15.6 Å². The number of aliphatic carboxylic acids is 2. The zero-order valence-electron chi connectivity index (χ0n) is 22.2. The van der Waals surface area contributed by atoms with E-state index < -0.39 is 53.8 Å². The van der Waals surface area contributed by atoms with Crippen molar-refractivity contribution in [2.75, 3.05) is 6.54 Å². The van der Waals surface area contributed by atoms with Crippen LogP contribution >= 0.6 is 0 Å². The first kappa shape index (κ1) is 29.6. The fourth-order valence-electron chi connectivity index (χ4n) is 4.85. The van der Waals surface area contributed by atoms with E-state index in [0.29, 0.717) is 19.3 Å². The lowest BCUT2D eigenvalue weighted by Crippen LogP contribution is -2.57. The minimum absolute atomic E-state index is 0.0587. The van der Waals surface area contributed by atoms with Crippen molar-refractivity contribution in [3.8, 4) is 0 Å². The van der Waals surface area contributed by atoms with Crippen molar-refractivity contribution in [1.82, 2.24) is 20.5 Å². The number of aromatic amines is 1. The highest BCUT2D eigenvalue weighted by Gasteiger charge is 2.38. The maximum atomic E-state index is 13.4. The number of carbonyl (C=O) groups excluding carboxylic acids is 3. The standard InChI is InChI=1S/C27H37N5O7/c1-3-15(2)23(27(38)39)31-24(35)20(13-16-14-29-19-8-5-4-7-17(16)19)30-25(36)21-9-6-12-32(21)26(37)18(28)10-11-22(33)34/h4-5,7-8,14-15,18,20-21,23,29H,3,6,9-13,28H2,1-2H3,(H,30,36)(H,31,35)(H,33,34)(H,38,39). The van der Waals surface area contributed by atoms with E-state index in [9.17, 15) is 29.1 Å². The molecule has 0 bridgehead atoms. The third kappa shape index (κ3) is 7.34. The number of nitrogens with one attached hydrogen (secondary N) is 3. The van der Waals surface area contributed by atoms with Gasteiger partial charge in [-0.2, -0.15) is 0 Å². The molecule has 5 atom stereocenters. The second-order valence-electron chi connectivity index (χ2n) is 10.1. The summed E-state index contributed by atoms with van der Waals surface area (Å²) in [5, 5.41) is 24.8. The Morgan fingerprint density at radius 3 is 2.54 bits per heavy atom. The van der Waals surface area contributed by atoms with Gasteiger partial charge in [0, 0.05) is 36.5 Å². The molecule has 39 heavy (non-hydrogen) atoms. The third-order valence-electron chi connectivity index (χ3n) is 7.33. The van der Waals surface area contributed by atoms with Gasteiger partial charge in [-0.15, -0.1) is 0 Å². The maximum absolute atomic E-state index is 13.4. The number of fused-ring (bicyclic) bond motifs is 1. The summed E-state index contributed by atoms with van der Waals surface area (Å²) in [5.74, 6) is -4.30. The SMILES string of the molecule is CCC(C)C(NC(=O)C(Cc1c[nH]c2ccccc12)NC(=O)C1CCCN1C(=O)C(N)CCC(=O)O)C(=O)O. The molecule has 1 aromatic carbocycles. The minimum Gasteiger partial charge on any atom is -0.481 e. The van der Waals surface area contributed by atoms with Crippen molar-refractivity contribution < 1.29 is 34.2 Å². The highest BCUT2D eigenvalue weighted by atomic mass is 16.4. The molecule has 1 fully saturated rings. The lowest BCUT2D eigenvalue weighted by atomic mass is 9.98. The average Bonchev–Trinajstić information content (AvgIpc) is 3.56. The Bertz CT molecular complexity index is 1210. The van der Waals surface area contributed by atoms with Crippen LogP contribution in [-0.4, -0.2) is 80.5 Å². The first-order chi connectivity index (χ1) is 18.5. The number of likely N-dealkylation sites (tertiary alicyclic amines) is 1. The van der Waals surface area contributed by atoms with Gasteiger partial charge in [-0.05, 0) is 36.8 Å². The van der Waals surface area contributed by atoms with Crippen LogP contribution in [0.25, 0.3) is 10.9 Å². The molecule has 1 aliphatic rings. The summed E-state index contributed by atoms with van der Waals surface area (Å²) in [4.78, 5) is 66.9. The van der Waals surface area contributed by atoms with Crippen LogP contribution in [0.5, 0.6) is 0 Å². The minimum atomic E-state index is -1.17. The molecule has 0 radical (unpaired) electrons. The lowest BCUT2D eigenvalue weighted by molar-refractivity contribution is -0.144. The molecule has 1 aliphatic heterocycles. The molecule has 0 saturated carbocycles. The van der Waals surface area contributed by atoms with Gasteiger partial charge in [0.25, 0.3) is 0 Å². The number of hydrogen-bond donors (Lipinski definition) is 6. The highest BCUT2D eigenvalue weighted by molar-refractivity contribution is 5.95. The van der Waals surface area contributed by atoms with Gasteiger partial charge in [-0.3, -0.25) is 19.2 Å². The molecule has 5 unspecified atom stereocenters. The Kier molecular flexibility index (Phi) is 10.0. The first-order valence-electron chi connectivity index (χ1n) is 13.2. The second kappa shape index (κ2) is 13.2. The van der Waals surface area contributed by atoms with Crippen LogP contribution in [0.1, 0.15) is 51.5 Å². The average molecular weight is 544 g/mol. The topological polar surface area (TPSA) is 195 Å². The van der Waals surface area contributed by atoms with Crippen LogP contribution in [0.2, 0.25) is 0 Å². The monoisotopic (exact) mass is 543 g/mol. The van der Waals surface area contributed by atoms with Gasteiger partial charge in [0.2, 0.25) is 17.7 Å².